The van der Waals surface area contributed by atoms with Crippen LogP contribution in [0.5, 0.6) is 0 Å². The molecule has 0 radical (unpaired) electrons. The summed E-state index contributed by atoms with van der Waals surface area (Å²) in [6.07, 6.45) is 0.204. The molecule has 50 valence electrons. The molecular formula is C5H6O3S. The number of ketones is 2. The molecular weight excluding hydrogens is 140 g/mol. The van der Waals surface area contributed by atoms with Crippen LogP contribution in [0.15, 0.2) is 0 Å². The van der Waals surface area contributed by atoms with Crippen molar-refractivity contribution in [3.63, 3.8) is 0 Å². The zero-order valence-corrected chi connectivity index (χ0v) is 5.56. The fourth-order valence-corrected chi connectivity index (χ4v) is 0.849. The van der Waals surface area contributed by atoms with E-state index in [1.54, 1.807) is 0 Å². The molecule has 1 atom stereocenters. The van der Waals surface area contributed by atoms with Crippen molar-refractivity contribution >= 4 is 24.2 Å². The predicted octanol–water partition coefficient (Wildman–Crippen LogP) is -0.199. The Morgan fingerprint density at radius 2 is 2.22 bits per heavy atom. The van der Waals surface area contributed by atoms with Crippen LogP contribution in [0.3, 0.4) is 0 Å². The van der Waals surface area contributed by atoms with E-state index in [1.165, 1.54) is 0 Å². The summed E-state index contributed by atoms with van der Waals surface area (Å²) >= 11 is 3.72. The highest BCUT2D eigenvalue weighted by molar-refractivity contribution is 7.81. The standard InChI is InChI=1S/C5H6O3S/c6-3-1-2-8-5(9)4(3)7/h5,9H,1-2H2. The van der Waals surface area contributed by atoms with Gasteiger partial charge in [0.25, 0.3) is 0 Å². The van der Waals surface area contributed by atoms with Crippen molar-refractivity contribution in [2.24, 2.45) is 0 Å². The SMILES string of the molecule is O=C1CCOC(S)C1=O. The molecule has 0 bridgehead atoms. The highest BCUT2D eigenvalue weighted by Gasteiger charge is 2.26. The van der Waals surface area contributed by atoms with Crippen molar-refractivity contribution in [1.29, 1.82) is 0 Å². The second kappa shape index (κ2) is 2.49. The van der Waals surface area contributed by atoms with Gasteiger partial charge in [0.05, 0.1) is 6.61 Å². The molecule has 0 aromatic rings. The minimum atomic E-state index is -0.814. The highest BCUT2D eigenvalue weighted by Crippen LogP contribution is 2.08. The monoisotopic (exact) mass is 146 g/mol. The Morgan fingerprint density at radius 3 is 2.67 bits per heavy atom. The third kappa shape index (κ3) is 1.31. The van der Waals surface area contributed by atoms with Gasteiger partial charge in [0.2, 0.25) is 11.6 Å². The molecule has 1 unspecified atom stereocenters. The summed E-state index contributed by atoms with van der Waals surface area (Å²) in [5, 5.41) is 0. The zero-order chi connectivity index (χ0) is 6.85. The van der Waals surface area contributed by atoms with E-state index in [0.29, 0.717) is 6.61 Å². The van der Waals surface area contributed by atoms with Gasteiger partial charge in [0.1, 0.15) is 0 Å². The van der Waals surface area contributed by atoms with Crippen molar-refractivity contribution < 1.29 is 14.3 Å². The van der Waals surface area contributed by atoms with E-state index in [0.717, 1.165) is 0 Å². The molecule has 0 N–H and O–H groups in total. The van der Waals surface area contributed by atoms with Gasteiger partial charge in [-0.15, -0.1) is 12.6 Å². The van der Waals surface area contributed by atoms with Gasteiger partial charge >= 0.3 is 0 Å². The first kappa shape index (κ1) is 6.77. The summed E-state index contributed by atoms with van der Waals surface area (Å²) in [6, 6.07) is 0. The fraction of sp³-hybridized carbons (Fsp3) is 0.600. The number of thiol groups is 1. The fourth-order valence-electron chi connectivity index (χ4n) is 0.600. The Labute approximate surface area is 57.8 Å². The third-order valence-corrected chi connectivity index (χ3v) is 1.49. The predicted molar refractivity (Wildman–Crippen MR) is 33.4 cm³/mol. The maximum Gasteiger partial charge on any atom is 0.237 e. The number of rotatable bonds is 0. The molecule has 3 nitrogen and oxygen atoms in total. The van der Waals surface area contributed by atoms with Crippen LogP contribution >= 0.6 is 12.6 Å². The lowest BCUT2D eigenvalue weighted by atomic mass is 10.2. The van der Waals surface area contributed by atoms with Crippen LogP contribution in [0.2, 0.25) is 0 Å². The number of hydrogen-bond donors (Lipinski definition) is 1. The van der Waals surface area contributed by atoms with Crippen LogP contribution in [-0.2, 0) is 14.3 Å². The Bertz CT molecular complexity index is 154. The molecule has 1 fully saturated rings. The Kier molecular flexibility index (Phi) is 1.87. The normalized spacial score (nSPS) is 28.8. The Balaban J connectivity index is 2.62. The second-order valence-electron chi connectivity index (χ2n) is 1.76. The Morgan fingerprint density at radius 1 is 1.56 bits per heavy atom. The first-order chi connectivity index (χ1) is 4.22. The number of hydrogen-bond acceptors (Lipinski definition) is 4. The molecule has 9 heavy (non-hydrogen) atoms. The number of carbonyl (C=O) groups is 2. The molecule has 4 heteroatoms. The molecule has 0 amide bonds. The van der Waals surface area contributed by atoms with Gasteiger partial charge in [-0.25, -0.2) is 0 Å². The van der Waals surface area contributed by atoms with E-state index >= 15 is 0 Å². The first-order valence-corrected chi connectivity index (χ1v) is 3.10. The third-order valence-electron chi connectivity index (χ3n) is 1.10. The van der Waals surface area contributed by atoms with Gasteiger partial charge in [-0.3, -0.25) is 9.59 Å². The van der Waals surface area contributed by atoms with Gasteiger partial charge in [-0.05, 0) is 0 Å². The minimum absolute atomic E-state index is 0.204. The van der Waals surface area contributed by atoms with Crippen molar-refractivity contribution in [3.8, 4) is 0 Å². The van der Waals surface area contributed by atoms with Gasteiger partial charge in [0, 0.05) is 6.42 Å². The molecule has 0 aromatic carbocycles. The van der Waals surface area contributed by atoms with Crippen LogP contribution in [0, 0.1) is 0 Å². The molecule has 1 rings (SSSR count). The van der Waals surface area contributed by atoms with Crippen LogP contribution in [0.25, 0.3) is 0 Å². The van der Waals surface area contributed by atoms with Crippen molar-refractivity contribution in [2.75, 3.05) is 6.61 Å². The van der Waals surface area contributed by atoms with Crippen molar-refractivity contribution in [2.45, 2.75) is 11.9 Å². The topological polar surface area (TPSA) is 43.4 Å². The van der Waals surface area contributed by atoms with Crippen LogP contribution < -0.4 is 0 Å². The summed E-state index contributed by atoms with van der Waals surface area (Å²) < 4.78 is 4.75. The van der Waals surface area contributed by atoms with E-state index in [1.807, 2.05) is 0 Å². The molecule has 1 aliphatic heterocycles. The zero-order valence-electron chi connectivity index (χ0n) is 4.66. The summed E-state index contributed by atoms with van der Waals surface area (Å²) in [7, 11) is 0. The average Bonchev–Trinajstić information content (AvgIpc) is 1.83. The molecule has 0 spiro atoms. The quantitative estimate of drug-likeness (QED) is 0.380. The maximum absolute atomic E-state index is 10.6. The Hall–Kier alpha value is -0.350. The summed E-state index contributed by atoms with van der Waals surface area (Å²) in [6.45, 7) is 0.318. The molecule has 1 saturated heterocycles. The lowest BCUT2D eigenvalue weighted by molar-refractivity contribution is -0.145. The van der Waals surface area contributed by atoms with E-state index in [-0.39, 0.29) is 12.2 Å². The van der Waals surface area contributed by atoms with E-state index in [4.69, 9.17) is 4.74 Å². The largest absolute Gasteiger partial charge is 0.359 e. The van der Waals surface area contributed by atoms with Gasteiger partial charge in [0.15, 0.2) is 5.44 Å². The average molecular weight is 146 g/mol. The van der Waals surface area contributed by atoms with Crippen LogP contribution in [-0.4, -0.2) is 23.6 Å². The molecule has 1 heterocycles. The molecule has 1 aliphatic rings. The van der Waals surface area contributed by atoms with Crippen molar-refractivity contribution in [3.05, 3.63) is 0 Å². The number of ether oxygens (including phenoxy) is 1. The smallest absolute Gasteiger partial charge is 0.237 e. The van der Waals surface area contributed by atoms with E-state index in [2.05, 4.69) is 12.6 Å². The molecule has 0 aromatic heterocycles. The second-order valence-corrected chi connectivity index (χ2v) is 2.23. The molecule has 0 aliphatic carbocycles. The van der Waals surface area contributed by atoms with Crippen LogP contribution in [0.1, 0.15) is 6.42 Å². The summed E-state index contributed by atoms with van der Waals surface area (Å²) in [5.41, 5.74) is -0.814. The number of carbonyl (C=O) groups excluding carboxylic acids is 2. The molecule has 0 saturated carbocycles. The lowest BCUT2D eigenvalue weighted by Crippen LogP contribution is -2.33. The van der Waals surface area contributed by atoms with Gasteiger partial charge in [-0.2, -0.15) is 0 Å². The van der Waals surface area contributed by atoms with E-state index in [9.17, 15) is 9.59 Å². The summed E-state index contributed by atoms with van der Waals surface area (Å²) in [5.74, 6) is -0.897. The van der Waals surface area contributed by atoms with Crippen LogP contribution in [0.4, 0.5) is 0 Å². The summed E-state index contributed by atoms with van der Waals surface area (Å²) in [4.78, 5) is 21.1. The van der Waals surface area contributed by atoms with Crippen molar-refractivity contribution in [1.82, 2.24) is 0 Å². The minimum Gasteiger partial charge on any atom is -0.359 e. The highest BCUT2D eigenvalue weighted by atomic mass is 32.1. The maximum atomic E-state index is 10.6. The first-order valence-electron chi connectivity index (χ1n) is 2.58. The van der Waals surface area contributed by atoms with E-state index < -0.39 is 11.2 Å². The number of Topliss-reactive ketones (excluding diaryl/α,β-unsaturated/α-hetero) is 2. The van der Waals surface area contributed by atoms with Gasteiger partial charge in [-0.1, -0.05) is 0 Å². The lowest BCUT2D eigenvalue weighted by Gasteiger charge is -2.14. The van der Waals surface area contributed by atoms with Gasteiger partial charge < -0.3 is 4.74 Å².